The molecule has 0 unspecified atom stereocenters. The number of ketones is 1. The number of hydrogen-bond acceptors (Lipinski definition) is 1. The molecule has 0 aliphatic carbocycles. The fraction of sp³-hybridized carbons (Fsp3) is 0.0833. The van der Waals surface area contributed by atoms with E-state index >= 15 is 0 Å². The van der Waals surface area contributed by atoms with Gasteiger partial charge >= 0.3 is 0 Å². The molecular formula is C12H13AlBrClO. The summed E-state index contributed by atoms with van der Waals surface area (Å²) in [5.41, 5.74) is 0.781. The highest BCUT2D eigenvalue weighted by Crippen LogP contribution is 2.26. The minimum atomic E-state index is 0. The van der Waals surface area contributed by atoms with Crippen LogP contribution in [0.5, 0.6) is 0 Å². The van der Waals surface area contributed by atoms with Crippen LogP contribution in [0.1, 0.15) is 17.3 Å². The van der Waals surface area contributed by atoms with Gasteiger partial charge in [-0.15, -0.1) is 12.4 Å². The summed E-state index contributed by atoms with van der Waals surface area (Å²) >= 11 is 3.47. The van der Waals surface area contributed by atoms with Gasteiger partial charge in [0, 0.05) is 10.0 Å². The number of rotatable bonds is 1. The van der Waals surface area contributed by atoms with Crippen LogP contribution in [-0.2, 0) is 0 Å². The van der Waals surface area contributed by atoms with Gasteiger partial charge in [-0.2, -0.15) is 0 Å². The normalized spacial score (nSPS) is 9.12. The van der Waals surface area contributed by atoms with Crippen LogP contribution in [0.4, 0.5) is 0 Å². The van der Waals surface area contributed by atoms with E-state index in [1.165, 1.54) is 0 Å². The maximum absolute atomic E-state index is 11.4. The van der Waals surface area contributed by atoms with E-state index in [4.69, 9.17) is 0 Å². The van der Waals surface area contributed by atoms with E-state index in [1.807, 2.05) is 36.4 Å². The zero-order valence-electron chi connectivity index (χ0n) is 8.16. The van der Waals surface area contributed by atoms with Gasteiger partial charge in [-0.25, -0.2) is 0 Å². The molecule has 2 rings (SSSR count). The lowest BCUT2D eigenvalue weighted by atomic mass is 10.0. The smallest absolute Gasteiger partial charge is 0.187 e. The molecule has 4 heteroatoms. The Labute approximate surface area is 120 Å². The standard InChI is InChI=1S/C12H9BrO.Al.ClH.3H/c1-8(14)9-6-7-12(13)11-5-3-2-4-10(9)11;;;;;/h2-7H,1H3;;1H;;;. The molecule has 1 nitrogen and oxygen atoms in total. The fourth-order valence-electron chi connectivity index (χ4n) is 1.57. The SMILES string of the molecule is CC(=O)c1ccc(Br)c2ccccc12.Cl.[AlH3]. The summed E-state index contributed by atoms with van der Waals surface area (Å²) in [7, 11) is 0. The summed E-state index contributed by atoms with van der Waals surface area (Å²) in [5.74, 6) is 0.105. The minimum absolute atomic E-state index is 0. The summed E-state index contributed by atoms with van der Waals surface area (Å²) in [6.07, 6.45) is 0. The Balaban J connectivity index is 0.00000112. The van der Waals surface area contributed by atoms with Crippen molar-refractivity contribution >= 4 is 62.3 Å². The van der Waals surface area contributed by atoms with Crippen molar-refractivity contribution in [2.45, 2.75) is 6.92 Å². The Bertz CT molecular complexity index is 513. The van der Waals surface area contributed by atoms with E-state index in [0.717, 1.165) is 20.8 Å². The third kappa shape index (κ3) is 2.87. The first-order valence-corrected chi connectivity index (χ1v) is 5.17. The first-order chi connectivity index (χ1) is 6.70. The fourth-order valence-corrected chi connectivity index (χ4v) is 2.05. The molecule has 0 aliphatic heterocycles. The zero-order valence-corrected chi connectivity index (χ0v) is 10.6. The molecule has 0 bridgehead atoms. The number of fused-ring (bicyclic) bond motifs is 1. The van der Waals surface area contributed by atoms with Crippen molar-refractivity contribution in [2.75, 3.05) is 0 Å². The molecule has 0 amide bonds. The van der Waals surface area contributed by atoms with E-state index < -0.39 is 0 Å². The van der Waals surface area contributed by atoms with E-state index in [2.05, 4.69) is 15.9 Å². The monoisotopic (exact) mass is 314 g/mol. The Morgan fingerprint density at radius 3 is 2.19 bits per heavy atom. The maximum atomic E-state index is 11.4. The average Bonchev–Trinajstić information content (AvgIpc) is 2.18. The second kappa shape index (κ2) is 6.42. The van der Waals surface area contributed by atoms with Crippen LogP contribution in [0.3, 0.4) is 0 Å². The van der Waals surface area contributed by atoms with Crippen molar-refractivity contribution in [3.8, 4) is 0 Å². The molecule has 0 aliphatic rings. The molecule has 0 spiro atoms. The third-order valence-electron chi connectivity index (χ3n) is 2.25. The number of carbonyl (C=O) groups excluding carboxylic acids is 1. The topological polar surface area (TPSA) is 17.1 Å². The second-order valence-electron chi connectivity index (χ2n) is 3.20. The molecule has 16 heavy (non-hydrogen) atoms. The largest absolute Gasteiger partial charge is 0.294 e. The van der Waals surface area contributed by atoms with Crippen LogP contribution in [0, 0.1) is 0 Å². The Hall–Kier alpha value is -0.328. The summed E-state index contributed by atoms with van der Waals surface area (Å²) < 4.78 is 1.03. The highest BCUT2D eigenvalue weighted by molar-refractivity contribution is 9.10. The molecule has 0 aromatic heterocycles. The van der Waals surface area contributed by atoms with Crippen molar-refractivity contribution in [2.24, 2.45) is 0 Å². The number of benzene rings is 2. The lowest BCUT2D eigenvalue weighted by Gasteiger charge is -2.04. The molecule has 2 aromatic rings. The van der Waals surface area contributed by atoms with Gasteiger partial charge in [0.1, 0.15) is 0 Å². The second-order valence-corrected chi connectivity index (χ2v) is 4.05. The zero-order chi connectivity index (χ0) is 10.1. The predicted molar refractivity (Wildman–Crippen MR) is 78.8 cm³/mol. The quantitative estimate of drug-likeness (QED) is 0.584. The Kier molecular flexibility index (Phi) is 6.29. The Morgan fingerprint density at radius 2 is 1.62 bits per heavy atom. The molecule has 0 heterocycles. The van der Waals surface area contributed by atoms with Gasteiger partial charge in [-0.05, 0) is 29.8 Å². The summed E-state index contributed by atoms with van der Waals surface area (Å²) in [5, 5.41) is 2.09. The highest BCUT2D eigenvalue weighted by atomic mass is 79.9. The van der Waals surface area contributed by atoms with Gasteiger partial charge in [0.25, 0.3) is 0 Å². The third-order valence-corrected chi connectivity index (χ3v) is 2.94. The van der Waals surface area contributed by atoms with Gasteiger partial charge in [-0.3, -0.25) is 4.79 Å². The predicted octanol–water partition coefficient (Wildman–Crippen LogP) is 3.04. The van der Waals surface area contributed by atoms with Crippen LogP contribution >= 0.6 is 28.3 Å². The number of Topliss-reactive ketones (excluding diaryl/α,β-unsaturated/α-hetero) is 1. The van der Waals surface area contributed by atoms with Crippen molar-refractivity contribution in [3.05, 3.63) is 46.4 Å². The van der Waals surface area contributed by atoms with Crippen LogP contribution in [-0.4, -0.2) is 23.1 Å². The lowest BCUT2D eigenvalue weighted by molar-refractivity contribution is 0.101. The van der Waals surface area contributed by atoms with E-state index in [-0.39, 0.29) is 35.6 Å². The van der Waals surface area contributed by atoms with Gasteiger partial charge < -0.3 is 0 Å². The summed E-state index contributed by atoms with van der Waals surface area (Å²) in [6, 6.07) is 11.7. The van der Waals surface area contributed by atoms with Crippen molar-refractivity contribution < 1.29 is 4.79 Å². The van der Waals surface area contributed by atoms with E-state index in [0.29, 0.717) is 0 Å². The number of carbonyl (C=O) groups is 1. The molecule has 84 valence electrons. The minimum Gasteiger partial charge on any atom is -0.294 e. The molecule has 2 aromatic carbocycles. The molecular weight excluding hydrogens is 302 g/mol. The Morgan fingerprint density at radius 1 is 1.06 bits per heavy atom. The molecule has 0 fully saturated rings. The summed E-state index contributed by atoms with van der Waals surface area (Å²) in [6.45, 7) is 1.59. The molecule has 0 atom stereocenters. The van der Waals surface area contributed by atoms with Crippen molar-refractivity contribution in [1.82, 2.24) is 0 Å². The lowest BCUT2D eigenvalue weighted by Crippen LogP contribution is -1.93. The van der Waals surface area contributed by atoms with Crippen LogP contribution < -0.4 is 0 Å². The van der Waals surface area contributed by atoms with Crippen LogP contribution in [0.25, 0.3) is 10.8 Å². The van der Waals surface area contributed by atoms with Gasteiger partial charge in [0.2, 0.25) is 0 Å². The van der Waals surface area contributed by atoms with E-state index in [1.54, 1.807) is 6.92 Å². The summed E-state index contributed by atoms with van der Waals surface area (Å²) in [4.78, 5) is 11.4. The first-order valence-electron chi connectivity index (χ1n) is 4.38. The number of halogens is 2. The maximum Gasteiger partial charge on any atom is 0.187 e. The van der Waals surface area contributed by atoms with Crippen molar-refractivity contribution in [3.63, 3.8) is 0 Å². The molecule has 0 N–H and O–H groups in total. The molecule has 0 saturated carbocycles. The van der Waals surface area contributed by atoms with Crippen LogP contribution in [0.2, 0.25) is 0 Å². The van der Waals surface area contributed by atoms with Gasteiger partial charge in [-0.1, -0.05) is 40.2 Å². The highest BCUT2D eigenvalue weighted by Gasteiger charge is 2.06. The number of hydrogen-bond donors (Lipinski definition) is 0. The van der Waals surface area contributed by atoms with Gasteiger partial charge in [0.15, 0.2) is 23.1 Å². The first kappa shape index (κ1) is 15.7. The average molecular weight is 316 g/mol. The van der Waals surface area contributed by atoms with Crippen LogP contribution in [0.15, 0.2) is 40.9 Å². The van der Waals surface area contributed by atoms with Crippen molar-refractivity contribution in [1.29, 1.82) is 0 Å². The molecule has 0 radical (unpaired) electrons. The van der Waals surface area contributed by atoms with Gasteiger partial charge in [0.05, 0.1) is 0 Å². The molecule has 0 saturated heterocycles. The van der Waals surface area contributed by atoms with E-state index in [9.17, 15) is 4.79 Å².